The molecule has 1 fully saturated rings. The summed E-state index contributed by atoms with van der Waals surface area (Å²) in [6, 6.07) is 1.42. The summed E-state index contributed by atoms with van der Waals surface area (Å²) in [6.45, 7) is 4.01. The first-order valence-corrected chi connectivity index (χ1v) is 5.64. The van der Waals surface area contributed by atoms with Crippen LogP contribution in [0.3, 0.4) is 0 Å². The number of amides is 1. The van der Waals surface area contributed by atoms with Crippen LogP contribution in [0, 0.1) is 16.0 Å². The number of hydrogen-bond acceptors (Lipinski definition) is 4. The maximum Gasteiger partial charge on any atom is 0.329 e. The number of rotatable bonds is 3. The third kappa shape index (κ3) is 2.06. The second kappa shape index (κ2) is 4.73. The van der Waals surface area contributed by atoms with Crippen LogP contribution in [-0.4, -0.2) is 22.4 Å². The number of carbonyl (C=O) groups is 1. The van der Waals surface area contributed by atoms with Gasteiger partial charge in [0.25, 0.3) is 0 Å². The molecule has 1 aromatic rings. The summed E-state index contributed by atoms with van der Waals surface area (Å²) >= 11 is 5.71. The molecule has 1 atom stereocenters. The Morgan fingerprint density at radius 1 is 1.67 bits per heavy atom. The number of pyridine rings is 1. The second-order valence-electron chi connectivity index (χ2n) is 3.93. The van der Waals surface area contributed by atoms with Gasteiger partial charge in [-0.25, -0.2) is 4.98 Å². The molecule has 18 heavy (non-hydrogen) atoms. The van der Waals surface area contributed by atoms with Crippen molar-refractivity contribution in [2.24, 2.45) is 5.92 Å². The van der Waals surface area contributed by atoms with Gasteiger partial charge >= 0.3 is 5.69 Å². The summed E-state index contributed by atoms with van der Waals surface area (Å²) in [6.07, 6.45) is 3.33. The first-order valence-electron chi connectivity index (χ1n) is 5.26. The largest absolute Gasteiger partial charge is 0.329 e. The highest BCUT2D eigenvalue weighted by Gasteiger charge is 2.34. The highest BCUT2D eigenvalue weighted by Crippen LogP contribution is 2.36. The summed E-state index contributed by atoms with van der Waals surface area (Å²) in [4.78, 5) is 27.2. The van der Waals surface area contributed by atoms with E-state index in [1.165, 1.54) is 17.2 Å². The van der Waals surface area contributed by atoms with E-state index in [-0.39, 0.29) is 28.4 Å². The van der Waals surface area contributed by atoms with Crippen LogP contribution in [0.5, 0.6) is 0 Å². The van der Waals surface area contributed by atoms with Gasteiger partial charge in [-0.15, -0.1) is 6.58 Å². The fourth-order valence-electron chi connectivity index (χ4n) is 1.93. The standard InChI is InChI=1S/C11H10ClN3O3/c1-2-7-5-9(16)14(6-7)8-3-4-13-11(12)10(8)15(17)18/h2-4,7H,1,5-6H2. The normalized spacial score (nSPS) is 19.1. The van der Waals surface area contributed by atoms with Crippen LogP contribution in [0.25, 0.3) is 0 Å². The van der Waals surface area contributed by atoms with Crippen LogP contribution in [0.2, 0.25) is 5.15 Å². The van der Waals surface area contributed by atoms with Crippen molar-refractivity contribution in [2.75, 3.05) is 11.4 Å². The van der Waals surface area contributed by atoms with Gasteiger partial charge < -0.3 is 4.90 Å². The van der Waals surface area contributed by atoms with Crippen molar-refractivity contribution < 1.29 is 9.72 Å². The molecular formula is C11H10ClN3O3. The van der Waals surface area contributed by atoms with Gasteiger partial charge in [-0.05, 0) is 6.07 Å². The Morgan fingerprint density at radius 3 is 2.94 bits per heavy atom. The van der Waals surface area contributed by atoms with Crippen LogP contribution in [0.1, 0.15) is 6.42 Å². The second-order valence-corrected chi connectivity index (χ2v) is 4.29. The van der Waals surface area contributed by atoms with E-state index in [2.05, 4.69) is 11.6 Å². The molecule has 0 aliphatic carbocycles. The smallest absolute Gasteiger partial charge is 0.306 e. The number of nitrogens with zero attached hydrogens (tertiary/aromatic N) is 3. The molecule has 0 aromatic carbocycles. The van der Waals surface area contributed by atoms with Gasteiger partial charge in [0, 0.05) is 25.1 Å². The predicted octanol–water partition coefficient (Wildman–Crippen LogP) is 2.18. The molecule has 2 heterocycles. The number of hydrogen-bond donors (Lipinski definition) is 0. The molecule has 6 nitrogen and oxygen atoms in total. The Balaban J connectivity index is 2.46. The van der Waals surface area contributed by atoms with Crippen molar-refractivity contribution in [1.29, 1.82) is 0 Å². The van der Waals surface area contributed by atoms with E-state index in [1.54, 1.807) is 6.08 Å². The number of carbonyl (C=O) groups excluding carboxylic acids is 1. The summed E-state index contributed by atoms with van der Waals surface area (Å²) in [5.74, 6) is -0.172. The maximum absolute atomic E-state index is 11.8. The molecule has 1 aliphatic heterocycles. The molecule has 0 radical (unpaired) electrons. The average molecular weight is 268 g/mol. The summed E-state index contributed by atoms with van der Waals surface area (Å²) in [7, 11) is 0. The molecular weight excluding hydrogens is 258 g/mol. The van der Waals surface area contributed by atoms with E-state index < -0.39 is 4.92 Å². The van der Waals surface area contributed by atoms with Gasteiger partial charge in [0.1, 0.15) is 5.69 Å². The fraction of sp³-hybridized carbons (Fsp3) is 0.273. The highest BCUT2D eigenvalue weighted by atomic mass is 35.5. The Bertz CT molecular complexity index is 532. The molecule has 1 amide bonds. The first-order chi connectivity index (χ1) is 8.54. The van der Waals surface area contributed by atoms with Gasteiger partial charge in [-0.2, -0.15) is 0 Å². The minimum atomic E-state index is -0.626. The van der Waals surface area contributed by atoms with Gasteiger partial charge in [-0.3, -0.25) is 14.9 Å². The van der Waals surface area contributed by atoms with Crippen LogP contribution >= 0.6 is 11.6 Å². The molecule has 1 aliphatic rings. The summed E-state index contributed by atoms with van der Waals surface area (Å²) in [5.41, 5.74) is -0.147. The average Bonchev–Trinajstić information content (AvgIpc) is 2.69. The van der Waals surface area contributed by atoms with E-state index in [9.17, 15) is 14.9 Å². The van der Waals surface area contributed by atoms with Gasteiger partial charge in [-0.1, -0.05) is 17.7 Å². The number of aromatic nitrogens is 1. The maximum atomic E-state index is 11.8. The van der Waals surface area contributed by atoms with Crippen molar-refractivity contribution in [1.82, 2.24) is 4.98 Å². The summed E-state index contributed by atoms with van der Waals surface area (Å²) < 4.78 is 0. The molecule has 2 rings (SSSR count). The topological polar surface area (TPSA) is 76.3 Å². The van der Waals surface area contributed by atoms with Crippen molar-refractivity contribution >= 4 is 28.9 Å². The molecule has 0 saturated carbocycles. The molecule has 0 spiro atoms. The van der Waals surface area contributed by atoms with E-state index >= 15 is 0 Å². The zero-order valence-electron chi connectivity index (χ0n) is 9.38. The van der Waals surface area contributed by atoms with Crippen LogP contribution < -0.4 is 4.90 Å². The molecule has 1 saturated heterocycles. The van der Waals surface area contributed by atoms with Crippen molar-refractivity contribution in [2.45, 2.75) is 6.42 Å². The minimum absolute atomic E-state index is 0.00375. The van der Waals surface area contributed by atoms with Gasteiger partial charge in [0.15, 0.2) is 0 Å². The number of nitro groups is 1. The zero-order chi connectivity index (χ0) is 13.3. The van der Waals surface area contributed by atoms with Crippen LogP contribution in [-0.2, 0) is 4.79 Å². The van der Waals surface area contributed by atoms with Crippen molar-refractivity contribution in [3.63, 3.8) is 0 Å². The lowest BCUT2D eigenvalue weighted by Crippen LogP contribution is -2.25. The predicted molar refractivity (Wildman–Crippen MR) is 66.6 cm³/mol. The fourth-order valence-corrected chi connectivity index (χ4v) is 2.15. The lowest BCUT2D eigenvalue weighted by atomic mass is 10.1. The lowest BCUT2D eigenvalue weighted by Gasteiger charge is -2.16. The molecule has 1 unspecified atom stereocenters. The third-order valence-electron chi connectivity index (χ3n) is 2.82. The van der Waals surface area contributed by atoms with E-state index in [0.717, 1.165) is 0 Å². The Morgan fingerprint density at radius 2 is 2.39 bits per heavy atom. The highest BCUT2D eigenvalue weighted by molar-refractivity contribution is 6.32. The Hall–Kier alpha value is -1.95. The van der Waals surface area contributed by atoms with Crippen molar-refractivity contribution in [3.05, 3.63) is 40.2 Å². The number of anilines is 1. The SMILES string of the molecule is C=CC1CC(=O)N(c2ccnc(Cl)c2[N+](=O)[O-])C1. The van der Waals surface area contributed by atoms with Crippen molar-refractivity contribution in [3.8, 4) is 0 Å². The van der Waals surface area contributed by atoms with E-state index in [0.29, 0.717) is 13.0 Å². The van der Waals surface area contributed by atoms with Crippen LogP contribution in [0.4, 0.5) is 11.4 Å². The van der Waals surface area contributed by atoms with Gasteiger partial charge in [0.05, 0.1) is 4.92 Å². The first kappa shape index (κ1) is 12.5. The quantitative estimate of drug-likeness (QED) is 0.364. The zero-order valence-corrected chi connectivity index (χ0v) is 10.1. The Labute approximate surface area is 108 Å². The third-order valence-corrected chi connectivity index (χ3v) is 3.10. The molecule has 7 heteroatoms. The molecule has 94 valence electrons. The van der Waals surface area contributed by atoms with Gasteiger partial charge in [0.2, 0.25) is 11.1 Å². The monoisotopic (exact) mass is 267 g/mol. The number of halogens is 1. The molecule has 0 bridgehead atoms. The van der Waals surface area contributed by atoms with E-state index in [1.807, 2.05) is 0 Å². The lowest BCUT2D eigenvalue weighted by molar-refractivity contribution is -0.384. The Kier molecular flexibility index (Phi) is 3.29. The summed E-state index contributed by atoms with van der Waals surface area (Å²) in [5, 5.41) is 10.8. The molecule has 0 N–H and O–H groups in total. The minimum Gasteiger partial charge on any atom is -0.306 e. The van der Waals surface area contributed by atoms with Crippen LogP contribution in [0.15, 0.2) is 24.9 Å². The molecule has 1 aromatic heterocycles. The van der Waals surface area contributed by atoms with E-state index in [4.69, 9.17) is 11.6 Å².